The van der Waals surface area contributed by atoms with E-state index in [2.05, 4.69) is 16.0 Å². The highest BCUT2D eigenvalue weighted by molar-refractivity contribution is 7.89. The Morgan fingerprint density at radius 3 is 2.07 bits per heavy atom. The third kappa shape index (κ3) is 7.58. The summed E-state index contributed by atoms with van der Waals surface area (Å²) in [7, 11) is -9.65. The first-order valence-corrected chi connectivity index (χ1v) is 16.6. The number of sulfonamides is 2. The number of hydrogen-bond donors (Lipinski definition) is 1. The van der Waals surface area contributed by atoms with Crippen molar-refractivity contribution in [3.63, 3.8) is 0 Å². The molecule has 0 spiro atoms. The SMILES string of the molecule is C#CC(C1CC1)N([C@H](c1ccc(Cl)cc1)C(F)(F)/C(Cl)=N/NS(=O)(=O)c1ccc(C)cc1)S(=O)(=O)c1ccc(C(F)(F)F)nc1. The van der Waals surface area contributed by atoms with E-state index in [0.717, 1.165) is 17.7 Å². The van der Waals surface area contributed by atoms with Gasteiger partial charge in [-0.25, -0.2) is 8.42 Å². The van der Waals surface area contributed by atoms with Crippen molar-refractivity contribution in [1.29, 1.82) is 0 Å². The summed E-state index contributed by atoms with van der Waals surface area (Å²) in [4.78, 5) is 3.61. The molecule has 1 aliphatic carbocycles. The molecular weight excluding hydrogens is 686 g/mol. The summed E-state index contributed by atoms with van der Waals surface area (Å²) >= 11 is 11.9. The van der Waals surface area contributed by atoms with Crippen LogP contribution in [0.1, 0.15) is 35.7 Å². The van der Waals surface area contributed by atoms with Gasteiger partial charge in [-0.3, -0.25) is 4.98 Å². The number of aryl methyl sites for hydroxylation is 1. The van der Waals surface area contributed by atoms with Gasteiger partial charge in [0.05, 0.1) is 10.9 Å². The topological polar surface area (TPSA) is 109 Å². The van der Waals surface area contributed by atoms with E-state index in [1.165, 1.54) is 36.4 Å². The number of nitrogens with one attached hydrogen (secondary N) is 1. The molecule has 1 unspecified atom stereocenters. The number of nitrogens with zero attached hydrogens (tertiary/aromatic N) is 3. The van der Waals surface area contributed by atoms with Gasteiger partial charge in [0.25, 0.3) is 10.0 Å². The second-order valence-corrected chi connectivity index (χ2v) is 14.3. The number of halogens is 7. The normalized spacial score (nSPS) is 16.2. The van der Waals surface area contributed by atoms with Crippen molar-refractivity contribution in [2.45, 2.75) is 53.7 Å². The first kappa shape index (κ1) is 34.6. The molecular formula is C28H23Cl2F5N4O4S2. The second-order valence-electron chi connectivity index (χ2n) is 10.0. The number of terminal acetylenes is 1. The zero-order valence-corrected chi connectivity index (χ0v) is 26.2. The number of alkyl halides is 5. The minimum atomic E-state index is -5.15. The van der Waals surface area contributed by atoms with Crippen molar-refractivity contribution in [2.75, 3.05) is 0 Å². The zero-order chi connectivity index (χ0) is 33.4. The summed E-state index contributed by atoms with van der Waals surface area (Å²) in [5, 5.41) is 1.65. The Balaban J connectivity index is 1.87. The molecule has 0 amide bonds. The van der Waals surface area contributed by atoms with E-state index in [0.29, 0.717) is 31.2 Å². The van der Waals surface area contributed by atoms with Crippen molar-refractivity contribution < 1.29 is 38.8 Å². The van der Waals surface area contributed by atoms with Crippen molar-refractivity contribution in [2.24, 2.45) is 11.0 Å². The molecule has 0 bridgehead atoms. The molecule has 1 heterocycles. The molecule has 1 aromatic heterocycles. The third-order valence-electron chi connectivity index (χ3n) is 6.77. The lowest BCUT2D eigenvalue weighted by atomic mass is 9.98. The van der Waals surface area contributed by atoms with Crippen LogP contribution in [0.15, 0.2) is 81.8 Å². The van der Waals surface area contributed by atoms with E-state index in [1.807, 2.05) is 0 Å². The van der Waals surface area contributed by atoms with Gasteiger partial charge in [0.15, 0.2) is 5.17 Å². The predicted molar refractivity (Wildman–Crippen MR) is 158 cm³/mol. The van der Waals surface area contributed by atoms with Crippen LogP contribution >= 0.6 is 23.2 Å². The number of rotatable bonds is 11. The van der Waals surface area contributed by atoms with E-state index in [9.17, 15) is 30.0 Å². The molecule has 1 N–H and O–H groups in total. The van der Waals surface area contributed by atoms with E-state index < -0.39 is 65.9 Å². The highest BCUT2D eigenvalue weighted by atomic mass is 35.5. The van der Waals surface area contributed by atoms with Gasteiger partial charge in [-0.15, -0.1) is 6.42 Å². The highest BCUT2D eigenvalue weighted by Crippen LogP contribution is 2.47. The molecule has 240 valence electrons. The monoisotopic (exact) mass is 708 g/mol. The molecule has 0 radical (unpaired) electrons. The minimum Gasteiger partial charge on any atom is -0.250 e. The number of pyridine rings is 1. The van der Waals surface area contributed by atoms with E-state index in [1.54, 1.807) is 11.8 Å². The third-order valence-corrected chi connectivity index (χ3v) is 10.4. The Labute approximate surface area is 266 Å². The Bertz CT molecular complexity index is 1830. The standard InChI is InChI=1S/C28H23Cl2F5N4O4S2/c1-3-23(18-6-7-18)39(45(42,43)22-14-15-24(36-16-22)28(33,34)35)25(19-8-10-20(29)11-9-19)27(31,32)26(30)37-38-44(40,41)21-12-4-17(2)5-13-21/h1,4-5,8-16,18,23,25,38H,6-7H2,2H3/b37-26-/t23?,25-/m1/s1. The first-order chi connectivity index (χ1) is 20.9. The number of aromatic nitrogens is 1. The van der Waals surface area contributed by atoms with Crippen LogP contribution in [-0.4, -0.2) is 43.3 Å². The van der Waals surface area contributed by atoms with Gasteiger partial charge in [0.1, 0.15) is 16.6 Å². The smallest absolute Gasteiger partial charge is 0.250 e. The Hall–Kier alpha value is -3.29. The van der Waals surface area contributed by atoms with Gasteiger partial charge in [-0.2, -0.15) is 44.6 Å². The molecule has 0 saturated heterocycles. The molecule has 3 aromatic rings. The molecule has 8 nitrogen and oxygen atoms in total. The van der Waals surface area contributed by atoms with Crippen molar-refractivity contribution in [3.05, 3.63) is 88.7 Å². The maximum atomic E-state index is 16.5. The average Bonchev–Trinajstić information content (AvgIpc) is 3.82. The molecule has 2 atom stereocenters. The molecule has 1 fully saturated rings. The lowest BCUT2D eigenvalue weighted by Gasteiger charge is -2.38. The Morgan fingerprint density at radius 1 is 1.00 bits per heavy atom. The molecule has 17 heteroatoms. The lowest BCUT2D eigenvalue weighted by molar-refractivity contribution is -0.141. The van der Waals surface area contributed by atoms with Crippen molar-refractivity contribution >= 4 is 48.4 Å². The Morgan fingerprint density at radius 2 is 1.58 bits per heavy atom. The van der Waals surface area contributed by atoms with Crippen LogP contribution in [0.4, 0.5) is 22.0 Å². The number of hydrazone groups is 1. The van der Waals surface area contributed by atoms with Crippen LogP contribution in [0.25, 0.3) is 0 Å². The second kappa shape index (κ2) is 12.8. The minimum absolute atomic E-state index is 0.100. The zero-order valence-electron chi connectivity index (χ0n) is 23.0. The van der Waals surface area contributed by atoms with Crippen LogP contribution < -0.4 is 4.83 Å². The summed E-state index contributed by atoms with van der Waals surface area (Å²) < 4.78 is 126. The maximum Gasteiger partial charge on any atom is 0.433 e. The summed E-state index contributed by atoms with van der Waals surface area (Å²) in [5.41, 5.74) is -1.08. The largest absolute Gasteiger partial charge is 0.433 e. The lowest BCUT2D eigenvalue weighted by Crippen LogP contribution is -2.52. The predicted octanol–water partition coefficient (Wildman–Crippen LogP) is 6.37. The molecule has 0 aliphatic heterocycles. The molecule has 4 rings (SSSR count). The maximum absolute atomic E-state index is 16.5. The van der Waals surface area contributed by atoms with Crippen LogP contribution in [-0.2, 0) is 26.2 Å². The number of hydrogen-bond acceptors (Lipinski definition) is 6. The van der Waals surface area contributed by atoms with Crippen LogP contribution in [0.3, 0.4) is 0 Å². The van der Waals surface area contributed by atoms with Crippen LogP contribution in [0, 0.1) is 25.2 Å². The summed E-state index contributed by atoms with van der Waals surface area (Å²) in [6.45, 7) is 1.70. The Kier molecular flexibility index (Phi) is 9.87. The van der Waals surface area contributed by atoms with Gasteiger partial charge in [0, 0.05) is 11.2 Å². The number of benzene rings is 2. The molecule has 2 aromatic carbocycles. The van der Waals surface area contributed by atoms with Gasteiger partial charge in [-0.05, 0) is 67.6 Å². The highest BCUT2D eigenvalue weighted by Gasteiger charge is 2.56. The van der Waals surface area contributed by atoms with Gasteiger partial charge < -0.3 is 0 Å². The summed E-state index contributed by atoms with van der Waals surface area (Å²) in [6.07, 6.45) is 1.88. The van der Waals surface area contributed by atoms with E-state index >= 15 is 8.78 Å². The molecule has 45 heavy (non-hydrogen) atoms. The quantitative estimate of drug-likeness (QED) is 0.108. The van der Waals surface area contributed by atoms with Crippen LogP contribution in [0.2, 0.25) is 5.02 Å². The van der Waals surface area contributed by atoms with Gasteiger partial charge in [0.2, 0.25) is 10.0 Å². The van der Waals surface area contributed by atoms with Crippen molar-refractivity contribution in [1.82, 2.24) is 14.1 Å². The first-order valence-electron chi connectivity index (χ1n) is 12.9. The van der Waals surface area contributed by atoms with Gasteiger partial charge in [-0.1, -0.05) is 59.0 Å². The summed E-state index contributed by atoms with van der Waals surface area (Å²) in [5.74, 6) is -2.85. The van der Waals surface area contributed by atoms with E-state index in [4.69, 9.17) is 29.6 Å². The summed E-state index contributed by atoms with van der Waals surface area (Å²) in [6, 6.07) is 6.72. The average molecular weight is 710 g/mol. The van der Waals surface area contributed by atoms with Gasteiger partial charge >= 0.3 is 12.1 Å². The molecule has 1 saturated carbocycles. The molecule has 1 aliphatic rings. The fraction of sp³-hybridized carbons (Fsp3) is 0.286. The fourth-order valence-corrected chi connectivity index (χ4v) is 7.19. The van der Waals surface area contributed by atoms with Crippen LogP contribution in [0.5, 0.6) is 0 Å². The van der Waals surface area contributed by atoms with Crippen molar-refractivity contribution in [3.8, 4) is 12.3 Å². The fourth-order valence-electron chi connectivity index (χ4n) is 4.32. The van der Waals surface area contributed by atoms with E-state index in [-0.39, 0.29) is 19.8 Å².